The molecule has 2 bridgehead atoms. The summed E-state index contributed by atoms with van der Waals surface area (Å²) in [4.78, 5) is 44.3. The van der Waals surface area contributed by atoms with E-state index in [0.717, 1.165) is 12.8 Å². The Labute approximate surface area is 248 Å². The van der Waals surface area contributed by atoms with Gasteiger partial charge in [0.25, 0.3) is 0 Å². The molecule has 9 heteroatoms. The number of carbonyl (C=O) groups excluding carboxylic acids is 3. The average molecular weight is 578 g/mol. The van der Waals surface area contributed by atoms with Gasteiger partial charge in [-0.05, 0) is 69.4 Å². The number of likely N-dealkylation sites (tertiary alicyclic amines) is 1. The monoisotopic (exact) mass is 577 g/mol. The first-order chi connectivity index (χ1) is 20.1. The fraction of sp³-hybridized carbons (Fsp3) is 0.545. The molecule has 3 amide bonds. The zero-order valence-electron chi connectivity index (χ0n) is 25.1. The van der Waals surface area contributed by atoms with E-state index in [9.17, 15) is 19.5 Å². The van der Waals surface area contributed by atoms with Gasteiger partial charge in [0.05, 0.1) is 36.7 Å². The minimum Gasteiger partial charge on any atom is -0.494 e. The molecule has 3 fully saturated rings. The minimum absolute atomic E-state index is 0.0924. The van der Waals surface area contributed by atoms with Gasteiger partial charge in [-0.3, -0.25) is 14.4 Å². The highest BCUT2D eigenvalue weighted by Crippen LogP contribution is 2.66. The molecule has 8 atom stereocenters. The van der Waals surface area contributed by atoms with E-state index in [2.05, 4.69) is 17.6 Å². The average Bonchev–Trinajstić information content (AvgIpc) is 3.48. The van der Waals surface area contributed by atoms with Crippen LogP contribution in [0.3, 0.4) is 0 Å². The first-order valence-electron chi connectivity index (χ1n) is 15.1. The van der Waals surface area contributed by atoms with Gasteiger partial charge in [0, 0.05) is 11.7 Å². The molecule has 3 saturated heterocycles. The standard InChI is InChI=1S/C33H43N3O6/c1-6-11-21(4)34-30(39)28-33-18-20(3)32(5,42-33)26(29(38)35-23-14-16-24(17-15-23)41-7-2)27(33)31(40)36(28)25(19-37)22-12-9-8-10-13-22/h8-10,12-17,20-21,25-28,37H,6-7,11,18-19H2,1-5H3,(H,34,39)(H,35,38)/t20?,21?,25-,26+,27+,28?,32-,33?/m1/s1. The fourth-order valence-corrected chi connectivity index (χ4v) is 7.59. The summed E-state index contributed by atoms with van der Waals surface area (Å²) in [5.41, 5.74) is -0.853. The third-order valence-electron chi connectivity index (χ3n) is 9.52. The molecule has 3 N–H and O–H groups in total. The number of benzene rings is 2. The molecule has 226 valence electrons. The van der Waals surface area contributed by atoms with Crippen molar-refractivity contribution in [3.05, 3.63) is 60.2 Å². The smallest absolute Gasteiger partial charge is 0.246 e. The second kappa shape index (κ2) is 11.7. The molecule has 5 rings (SSSR count). The van der Waals surface area contributed by atoms with Gasteiger partial charge in [0.15, 0.2) is 0 Å². The van der Waals surface area contributed by atoms with E-state index in [4.69, 9.17) is 9.47 Å². The van der Waals surface area contributed by atoms with Crippen molar-refractivity contribution >= 4 is 23.4 Å². The number of aliphatic hydroxyl groups is 1. The number of carbonyl (C=O) groups is 3. The van der Waals surface area contributed by atoms with Crippen LogP contribution in [-0.2, 0) is 19.1 Å². The van der Waals surface area contributed by atoms with Crippen LogP contribution in [0.4, 0.5) is 5.69 Å². The molecule has 0 radical (unpaired) electrons. The quantitative estimate of drug-likeness (QED) is 0.371. The highest BCUT2D eigenvalue weighted by molar-refractivity contribution is 6.02. The van der Waals surface area contributed by atoms with Crippen molar-refractivity contribution in [1.82, 2.24) is 10.2 Å². The number of anilines is 1. The predicted octanol–water partition coefficient (Wildman–Crippen LogP) is 4.07. The van der Waals surface area contributed by atoms with E-state index in [0.29, 0.717) is 30.0 Å². The van der Waals surface area contributed by atoms with Gasteiger partial charge in [0.1, 0.15) is 17.4 Å². The van der Waals surface area contributed by atoms with E-state index in [1.54, 1.807) is 24.3 Å². The van der Waals surface area contributed by atoms with Crippen molar-refractivity contribution in [3.8, 4) is 5.75 Å². The van der Waals surface area contributed by atoms with Gasteiger partial charge < -0.3 is 30.1 Å². The van der Waals surface area contributed by atoms with Crippen LogP contribution in [0.2, 0.25) is 0 Å². The Morgan fingerprint density at radius 3 is 2.43 bits per heavy atom. The Balaban J connectivity index is 1.55. The summed E-state index contributed by atoms with van der Waals surface area (Å²) in [6.45, 7) is 9.97. The SMILES string of the molecule is CCCC(C)NC(=O)C1N([C@H](CO)c2ccccc2)C(=O)[C@@H]2[C@@H](C(=O)Nc3ccc(OCC)cc3)[C@]3(C)OC12CC3C. The maximum absolute atomic E-state index is 14.6. The third-order valence-corrected chi connectivity index (χ3v) is 9.52. The zero-order valence-corrected chi connectivity index (χ0v) is 25.1. The third kappa shape index (κ3) is 4.86. The lowest BCUT2D eigenvalue weighted by atomic mass is 9.62. The molecule has 0 saturated carbocycles. The van der Waals surface area contributed by atoms with Crippen molar-refractivity contribution in [3.63, 3.8) is 0 Å². The molecule has 1 spiro atoms. The van der Waals surface area contributed by atoms with Crippen LogP contribution in [0.1, 0.15) is 65.5 Å². The molecule has 3 heterocycles. The van der Waals surface area contributed by atoms with E-state index in [1.165, 1.54) is 4.90 Å². The summed E-state index contributed by atoms with van der Waals surface area (Å²) in [6.07, 6.45) is 2.13. The number of hydrogen-bond donors (Lipinski definition) is 3. The predicted molar refractivity (Wildman–Crippen MR) is 159 cm³/mol. The van der Waals surface area contributed by atoms with Crippen LogP contribution in [0, 0.1) is 17.8 Å². The lowest BCUT2D eigenvalue weighted by molar-refractivity contribution is -0.150. The van der Waals surface area contributed by atoms with Crippen LogP contribution < -0.4 is 15.4 Å². The summed E-state index contributed by atoms with van der Waals surface area (Å²) in [7, 11) is 0. The highest BCUT2D eigenvalue weighted by Gasteiger charge is 2.80. The van der Waals surface area contributed by atoms with Crippen molar-refractivity contribution in [2.24, 2.45) is 17.8 Å². The normalized spacial score (nSPS) is 31.0. The second-order valence-electron chi connectivity index (χ2n) is 12.2. The van der Waals surface area contributed by atoms with E-state index in [1.807, 2.05) is 58.0 Å². The van der Waals surface area contributed by atoms with Crippen LogP contribution in [0.5, 0.6) is 5.75 Å². The Hall–Kier alpha value is -3.43. The largest absolute Gasteiger partial charge is 0.494 e. The fourth-order valence-electron chi connectivity index (χ4n) is 7.59. The number of amides is 3. The summed E-state index contributed by atoms with van der Waals surface area (Å²) in [5, 5.41) is 16.7. The van der Waals surface area contributed by atoms with Crippen molar-refractivity contribution < 1.29 is 29.0 Å². The lowest BCUT2D eigenvalue weighted by Gasteiger charge is -2.37. The van der Waals surface area contributed by atoms with Crippen LogP contribution in [0.15, 0.2) is 54.6 Å². The van der Waals surface area contributed by atoms with Crippen LogP contribution >= 0.6 is 0 Å². The van der Waals surface area contributed by atoms with E-state index < -0.39 is 35.1 Å². The molecule has 9 nitrogen and oxygen atoms in total. The summed E-state index contributed by atoms with van der Waals surface area (Å²) in [5.74, 6) is -2.09. The molecule has 3 aliphatic rings. The number of nitrogens with one attached hydrogen (secondary N) is 2. The van der Waals surface area contributed by atoms with E-state index >= 15 is 0 Å². The van der Waals surface area contributed by atoms with Gasteiger partial charge in [-0.15, -0.1) is 0 Å². The van der Waals surface area contributed by atoms with Crippen LogP contribution in [0.25, 0.3) is 0 Å². The number of rotatable bonds is 11. The first kappa shape index (κ1) is 30.0. The Kier molecular flexibility index (Phi) is 8.36. The Bertz CT molecular complexity index is 1300. The van der Waals surface area contributed by atoms with Gasteiger partial charge in [0.2, 0.25) is 17.7 Å². The topological polar surface area (TPSA) is 117 Å². The number of hydrogen-bond acceptors (Lipinski definition) is 6. The second-order valence-corrected chi connectivity index (χ2v) is 12.2. The number of fused-ring (bicyclic) bond motifs is 1. The minimum atomic E-state index is -1.20. The first-order valence-corrected chi connectivity index (χ1v) is 15.1. The van der Waals surface area contributed by atoms with Crippen molar-refractivity contribution in [1.29, 1.82) is 0 Å². The molecular formula is C33H43N3O6. The van der Waals surface area contributed by atoms with Gasteiger partial charge in [-0.1, -0.05) is 50.6 Å². The summed E-state index contributed by atoms with van der Waals surface area (Å²) >= 11 is 0. The van der Waals surface area contributed by atoms with Crippen molar-refractivity contribution in [2.75, 3.05) is 18.5 Å². The highest BCUT2D eigenvalue weighted by atomic mass is 16.5. The molecule has 2 aromatic carbocycles. The van der Waals surface area contributed by atoms with Crippen molar-refractivity contribution in [2.45, 2.75) is 83.2 Å². The number of nitrogens with zero attached hydrogens (tertiary/aromatic N) is 1. The molecule has 42 heavy (non-hydrogen) atoms. The molecule has 0 aromatic heterocycles. The maximum atomic E-state index is 14.6. The van der Waals surface area contributed by atoms with Crippen LogP contribution in [-0.4, -0.2) is 64.2 Å². The molecule has 0 aliphatic carbocycles. The van der Waals surface area contributed by atoms with Gasteiger partial charge >= 0.3 is 0 Å². The maximum Gasteiger partial charge on any atom is 0.246 e. The number of aliphatic hydroxyl groups excluding tert-OH is 1. The number of ether oxygens (including phenoxy) is 2. The molecule has 2 aromatic rings. The van der Waals surface area contributed by atoms with Gasteiger partial charge in [-0.25, -0.2) is 0 Å². The van der Waals surface area contributed by atoms with E-state index in [-0.39, 0.29) is 36.3 Å². The summed E-state index contributed by atoms with van der Waals surface area (Å²) < 4.78 is 12.3. The summed E-state index contributed by atoms with van der Waals surface area (Å²) in [6, 6.07) is 14.5. The molecule has 3 aliphatic heterocycles. The Morgan fingerprint density at radius 1 is 1.12 bits per heavy atom. The molecule has 4 unspecified atom stereocenters. The molecular weight excluding hydrogens is 534 g/mol. The van der Waals surface area contributed by atoms with Gasteiger partial charge in [-0.2, -0.15) is 0 Å². The Morgan fingerprint density at radius 2 is 1.81 bits per heavy atom. The lowest BCUT2D eigenvalue weighted by Crippen LogP contribution is -2.57. The zero-order chi connectivity index (χ0) is 30.2.